The molecule has 0 fully saturated rings. The molecule has 5 heteroatoms. The lowest BCUT2D eigenvalue weighted by molar-refractivity contribution is -0.117. The topological polar surface area (TPSA) is 38.3 Å². The van der Waals surface area contributed by atoms with E-state index in [-0.39, 0.29) is 5.91 Å². The molecule has 0 atom stereocenters. The maximum absolute atomic E-state index is 11.3. The number of carbonyl (C=O) groups is 1. The zero-order valence-corrected chi connectivity index (χ0v) is 14.1. The van der Waals surface area contributed by atoms with Crippen molar-refractivity contribution in [2.75, 3.05) is 6.54 Å². The van der Waals surface area contributed by atoms with Gasteiger partial charge in [0.2, 0.25) is 5.91 Å². The summed E-state index contributed by atoms with van der Waals surface area (Å²) >= 11 is 0. The Labute approximate surface area is 108 Å². The van der Waals surface area contributed by atoms with Crippen LogP contribution in [0.5, 0.6) is 0 Å². The van der Waals surface area contributed by atoms with Gasteiger partial charge in [0, 0.05) is 12.1 Å². The summed E-state index contributed by atoms with van der Waals surface area (Å²) in [6.45, 7) is 17.2. The van der Waals surface area contributed by atoms with E-state index < -0.39 is 16.6 Å². The van der Waals surface area contributed by atoms with E-state index in [1.807, 2.05) is 0 Å². The Morgan fingerprint density at radius 1 is 1.24 bits per heavy atom. The summed E-state index contributed by atoms with van der Waals surface area (Å²) in [5, 5.41) is 2.86. The van der Waals surface area contributed by atoms with Crippen molar-refractivity contribution in [3.8, 4) is 0 Å². The minimum Gasteiger partial charge on any atom is -0.456 e. The first kappa shape index (κ1) is 16.6. The predicted octanol–water partition coefficient (Wildman–Crippen LogP) is 3.13. The molecule has 0 aromatic rings. The van der Waals surface area contributed by atoms with Crippen molar-refractivity contribution in [1.82, 2.24) is 5.32 Å². The Hall–Kier alpha value is -0.396. The van der Waals surface area contributed by atoms with E-state index in [9.17, 15) is 4.79 Å². The molecule has 17 heavy (non-hydrogen) atoms. The third-order valence-corrected chi connectivity index (χ3v) is 8.43. The molecule has 0 aromatic carbocycles. The summed E-state index contributed by atoms with van der Waals surface area (Å²) in [5.41, 5.74) is 0.569. The average molecular weight is 274 g/mol. The molecule has 0 aliphatic carbocycles. The van der Waals surface area contributed by atoms with Crippen LogP contribution >= 0.6 is 0 Å². The standard InChI is InChI=1S/C12H27NO2Si2/c1-11(2)12(14)13-9-8-10-17(6,7)15-16(3,4)5/h1,8-10H2,2-7H3,(H,13,14). The molecule has 0 spiro atoms. The van der Waals surface area contributed by atoms with E-state index in [4.69, 9.17) is 4.12 Å². The Kier molecular flexibility index (Phi) is 6.36. The van der Waals surface area contributed by atoms with E-state index in [1.165, 1.54) is 0 Å². The summed E-state index contributed by atoms with van der Waals surface area (Å²) in [6, 6.07) is 1.09. The molecule has 0 radical (unpaired) electrons. The van der Waals surface area contributed by atoms with Crippen LogP contribution in [-0.2, 0) is 8.91 Å². The van der Waals surface area contributed by atoms with Crippen LogP contribution in [-0.4, -0.2) is 29.1 Å². The summed E-state index contributed by atoms with van der Waals surface area (Å²) in [5.74, 6) is -0.0458. The van der Waals surface area contributed by atoms with Crippen LogP contribution in [0.1, 0.15) is 13.3 Å². The number of rotatable bonds is 7. The van der Waals surface area contributed by atoms with Gasteiger partial charge >= 0.3 is 0 Å². The maximum Gasteiger partial charge on any atom is 0.246 e. The van der Waals surface area contributed by atoms with Crippen molar-refractivity contribution in [1.29, 1.82) is 0 Å². The molecule has 0 rings (SSSR count). The van der Waals surface area contributed by atoms with Crippen LogP contribution in [0.25, 0.3) is 0 Å². The van der Waals surface area contributed by atoms with Crippen molar-refractivity contribution in [3.63, 3.8) is 0 Å². The van der Waals surface area contributed by atoms with Crippen LogP contribution < -0.4 is 5.32 Å². The zero-order valence-electron chi connectivity index (χ0n) is 12.1. The summed E-state index contributed by atoms with van der Waals surface area (Å²) < 4.78 is 6.23. The third-order valence-electron chi connectivity index (χ3n) is 2.21. The molecular formula is C12H27NO2Si2. The second-order valence-electron chi connectivity index (χ2n) is 6.11. The van der Waals surface area contributed by atoms with Crippen LogP contribution in [0.4, 0.5) is 0 Å². The van der Waals surface area contributed by atoms with E-state index in [0.29, 0.717) is 5.57 Å². The van der Waals surface area contributed by atoms with Gasteiger partial charge in [0.25, 0.3) is 0 Å². The Morgan fingerprint density at radius 2 is 1.76 bits per heavy atom. The van der Waals surface area contributed by atoms with Crippen molar-refractivity contribution < 1.29 is 8.91 Å². The highest BCUT2D eigenvalue weighted by atomic mass is 28.4. The van der Waals surface area contributed by atoms with Crippen molar-refractivity contribution in [2.45, 2.75) is 52.1 Å². The largest absolute Gasteiger partial charge is 0.456 e. The molecule has 0 aliphatic rings. The van der Waals surface area contributed by atoms with E-state index in [0.717, 1.165) is 19.0 Å². The number of amides is 1. The first-order valence-electron chi connectivity index (χ1n) is 6.17. The lowest BCUT2D eigenvalue weighted by Crippen LogP contribution is -2.42. The number of hydrogen-bond donors (Lipinski definition) is 1. The summed E-state index contributed by atoms with van der Waals surface area (Å²) in [4.78, 5) is 11.3. The molecule has 0 saturated heterocycles. The minimum absolute atomic E-state index is 0.0458. The first-order chi connectivity index (χ1) is 7.53. The van der Waals surface area contributed by atoms with Crippen molar-refractivity contribution in [3.05, 3.63) is 12.2 Å². The van der Waals surface area contributed by atoms with Gasteiger partial charge < -0.3 is 9.43 Å². The van der Waals surface area contributed by atoms with Crippen LogP contribution in [0.15, 0.2) is 12.2 Å². The fraction of sp³-hybridized carbons (Fsp3) is 0.750. The number of nitrogens with one attached hydrogen (secondary N) is 1. The molecule has 0 saturated carbocycles. The van der Waals surface area contributed by atoms with Gasteiger partial charge in [-0.15, -0.1) is 0 Å². The molecule has 0 aromatic heterocycles. The SMILES string of the molecule is C=C(C)C(=O)NCCC[Si](C)(C)O[Si](C)(C)C. The molecule has 0 bridgehead atoms. The molecule has 0 aliphatic heterocycles. The predicted molar refractivity (Wildman–Crippen MR) is 79.2 cm³/mol. The molecule has 1 N–H and O–H groups in total. The highest BCUT2D eigenvalue weighted by Gasteiger charge is 2.28. The molecule has 1 amide bonds. The van der Waals surface area contributed by atoms with Gasteiger partial charge in [-0.05, 0) is 52.1 Å². The number of carbonyl (C=O) groups excluding carboxylic acids is 1. The van der Waals surface area contributed by atoms with Crippen LogP contribution in [0.3, 0.4) is 0 Å². The lowest BCUT2D eigenvalue weighted by Gasteiger charge is -2.31. The zero-order chi connectivity index (χ0) is 13.7. The van der Waals surface area contributed by atoms with Crippen LogP contribution in [0, 0.1) is 0 Å². The Balaban J connectivity index is 3.88. The van der Waals surface area contributed by atoms with Gasteiger partial charge in [-0.1, -0.05) is 6.58 Å². The van der Waals surface area contributed by atoms with Gasteiger partial charge in [0.05, 0.1) is 0 Å². The van der Waals surface area contributed by atoms with Gasteiger partial charge in [0.15, 0.2) is 16.6 Å². The van der Waals surface area contributed by atoms with E-state index in [2.05, 4.69) is 44.6 Å². The Bertz CT molecular complexity index is 283. The summed E-state index contributed by atoms with van der Waals surface area (Å²) in [6.07, 6.45) is 0.989. The van der Waals surface area contributed by atoms with Gasteiger partial charge in [-0.2, -0.15) is 0 Å². The second-order valence-corrected chi connectivity index (χ2v) is 15.2. The van der Waals surface area contributed by atoms with Crippen LogP contribution in [0.2, 0.25) is 38.8 Å². The monoisotopic (exact) mass is 273 g/mol. The quantitative estimate of drug-likeness (QED) is 0.440. The lowest BCUT2D eigenvalue weighted by atomic mass is 10.3. The Morgan fingerprint density at radius 3 is 2.18 bits per heavy atom. The third kappa shape index (κ3) is 9.32. The molecule has 0 unspecified atom stereocenters. The second kappa shape index (κ2) is 6.51. The van der Waals surface area contributed by atoms with Gasteiger partial charge in [-0.25, -0.2) is 0 Å². The molecule has 3 nitrogen and oxygen atoms in total. The van der Waals surface area contributed by atoms with E-state index in [1.54, 1.807) is 6.92 Å². The van der Waals surface area contributed by atoms with E-state index >= 15 is 0 Å². The number of hydrogen-bond acceptors (Lipinski definition) is 2. The van der Waals surface area contributed by atoms with Gasteiger partial charge in [-0.3, -0.25) is 4.79 Å². The smallest absolute Gasteiger partial charge is 0.246 e. The normalized spacial score (nSPS) is 12.4. The van der Waals surface area contributed by atoms with Gasteiger partial charge in [0.1, 0.15) is 0 Å². The first-order valence-corrected chi connectivity index (χ1v) is 12.7. The van der Waals surface area contributed by atoms with Crippen molar-refractivity contribution >= 4 is 22.5 Å². The minimum atomic E-state index is -1.55. The fourth-order valence-corrected chi connectivity index (χ4v) is 9.81. The molecular weight excluding hydrogens is 246 g/mol. The molecule has 0 heterocycles. The average Bonchev–Trinajstić information content (AvgIpc) is 2.07. The highest BCUT2D eigenvalue weighted by molar-refractivity contribution is 6.84. The summed E-state index contributed by atoms with van der Waals surface area (Å²) in [7, 11) is -2.98. The fourth-order valence-electron chi connectivity index (χ4n) is 1.75. The molecule has 100 valence electrons. The maximum atomic E-state index is 11.3. The van der Waals surface area contributed by atoms with Crippen molar-refractivity contribution in [2.24, 2.45) is 0 Å². The highest BCUT2D eigenvalue weighted by Crippen LogP contribution is 2.19.